The van der Waals surface area contributed by atoms with Crippen LogP contribution in [-0.2, 0) is 20.9 Å². The molecule has 1 heterocycles. The zero-order valence-electron chi connectivity index (χ0n) is 23.6. The van der Waals surface area contributed by atoms with Crippen LogP contribution in [0.1, 0.15) is 52.0 Å². The molecule has 4 N–H and O–H groups in total. The minimum Gasteiger partial charge on any atom is -0.443 e. The third-order valence-corrected chi connectivity index (χ3v) is 8.33. The summed E-state index contributed by atoms with van der Waals surface area (Å²) < 4.78 is 72.9. The highest BCUT2D eigenvalue weighted by molar-refractivity contribution is 7.89. The minimum atomic E-state index is -4.77. The molecule has 0 radical (unpaired) electrons. The Bertz CT molecular complexity index is 1500. The average molecular weight is 609 g/mol. The van der Waals surface area contributed by atoms with E-state index in [2.05, 4.69) is 30.9 Å². The Morgan fingerprint density at radius 3 is 2.21 bits per heavy atom. The lowest BCUT2D eigenvalue weighted by atomic mass is 9.82. The van der Waals surface area contributed by atoms with E-state index in [1.807, 2.05) is 24.3 Å². The Morgan fingerprint density at radius 2 is 1.55 bits per heavy atom. The fourth-order valence-electron chi connectivity index (χ4n) is 4.78. The number of alkyl halides is 3. The summed E-state index contributed by atoms with van der Waals surface area (Å²) >= 11 is 0. The van der Waals surface area contributed by atoms with Gasteiger partial charge in [-0.15, -0.1) is 0 Å². The molecule has 1 aromatic heterocycles. The van der Waals surface area contributed by atoms with Gasteiger partial charge in [0, 0.05) is 18.5 Å². The number of sulfonamides is 1. The van der Waals surface area contributed by atoms with Gasteiger partial charge in [-0.1, -0.05) is 24.3 Å². The summed E-state index contributed by atoms with van der Waals surface area (Å²) in [6, 6.07) is 11.5. The maximum atomic E-state index is 13.3. The van der Waals surface area contributed by atoms with Crippen molar-refractivity contribution in [3.8, 4) is 0 Å². The number of para-hydroxylation sites is 1. The standard InChI is InChI=1S/C28H35F3N6O4S/c1-27(2,3)41-26(38)37-36-24-20-8-4-6-10-22(20)34-25(35-24)32-16-18-12-14-19(15-13-18)17-33-42(39,40)23-11-7-5-9-21(23)28(29,30)31/h4-11,18-19,33H,12-17H2,1-3H3,(H,37,38)(H2,32,34,35,36)/t18-,19-. The molecule has 14 heteroatoms. The number of aromatic nitrogens is 2. The maximum absolute atomic E-state index is 13.3. The number of carbonyl (C=O) groups is 1. The first-order valence-electron chi connectivity index (χ1n) is 13.6. The molecule has 10 nitrogen and oxygen atoms in total. The monoisotopic (exact) mass is 608 g/mol. The number of amides is 1. The third-order valence-electron chi connectivity index (χ3n) is 6.84. The van der Waals surface area contributed by atoms with E-state index in [4.69, 9.17) is 4.74 Å². The van der Waals surface area contributed by atoms with E-state index < -0.39 is 38.4 Å². The van der Waals surface area contributed by atoms with Crippen molar-refractivity contribution in [2.45, 2.75) is 63.1 Å². The number of hydrazine groups is 1. The lowest BCUT2D eigenvalue weighted by Crippen LogP contribution is -2.36. The number of nitrogens with one attached hydrogen (secondary N) is 4. The fraction of sp³-hybridized carbons (Fsp3) is 0.464. The predicted octanol–water partition coefficient (Wildman–Crippen LogP) is 5.70. The van der Waals surface area contributed by atoms with Gasteiger partial charge in [0.25, 0.3) is 0 Å². The van der Waals surface area contributed by atoms with Crippen LogP contribution in [0.5, 0.6) is 0 Å². The van der Waals surface area contributed by atoms with Gasteiger partial charge in [-0.05, 0) is 82.6 Å². The summed E-state index contributed by atoms with van der Waals surface area (Å²) in [5.74, 6) is 1.06. The van der Waals surface area contributed by atoms with Crippen molar-refractivity contribution in [1.29, 1.82) is 0 Å². The summed E-state index contributed by atoms with van der Waals surface area (Å²) in [5.41, 5.74) is 4.14. The molecule has 1 saturated carbocycles. The van der Waals surface area contributed by atoms with Crippen LogP contribution in [-0.4, -0.2) is 43.2 Å². The zero-order chi connectivity index (χ0) is 30.5. The average Bonchev–Trinajstić information content (AvgIpc) is 2.93. The molecule has 3 aromatic rings. The summed E-state index contributed by atoms with van der Waals surface area (Å²) in [6.07, 6.45) is -2.36. The second-order valence-corrected chi connectivity index (χ2v) is 13.0. The number of fused-ring (bicyclic) bond motifs is 1. The number of hydrogen-bond acceptors (Lipinski definition) is 8. The van der Waals surface area contributed by atoms with Gasteiger partial charge in [-0.2, -0.15) is 18.2 Å². The Morgan fingerprint density at radius 1 is 0.929 bits per heavy atom. The van der Waals surface area contributed by atoms with Crippen molar-refractivity contribution < 1.29 is 31.1 Å². The maximum Gasteiger partial charge on any atom is 0.426 e. The number of anilines is 2. The van der Waals surface area contributed by atoms with E-state index in [0.717, 1.165) is 37.8 Å². The van der Waals surface area contributed by atoms with E-state index in [1.165, 1.54) is 12.1 Å². The molecule has 0 aliphatic heterocycles. The normalized spacial score (nSPS) is 18.0. The zero-order valence-corrected chi connectivity index (χ0v) is 24.4. The Hall–Kier alpha value is -3.65. The highest BCUT2D eigenvalue weighted by Gasteiger charge is 2.37. The van der Waals surface area contributed by atoms with Crippen LogP contribution in [0, 0.1) is 11.8 Å². The van der Waals surface area contributed by atoms with E-state index in [-0.39, 0.29) is 18.4 Å². The van der Waals surface area contributed by atoms with Crippen molar-refractivity contribution in [3.05, 3.63) is 54.1 Å². The lowest BCUT2D eigenvalue weighted by Gasteiger charge is -2.29. The van der Waals surface area contributed by atoms with Crippen LogP contribution in [0.3, 0.4) is 0 Å². The van der Waals surface area contributed by atoms with E-state index in [9.17, 15) is 26.4 Å². The molecule has 228 valence electrons. The SMILES string of the molecule is CC(C)(C)OC(=O)NNc1nc(NC[C@H]2CC[C@H](CNS(=O)(=O)c3ccccc3C(F)(F)F)CC2)nc2ccccc12. The first-order chi connectivity index (χ1) is 19.7. The molecular formula is C28H35F3N6O4S. The smallest absolute Gasteiger partial charge is 0.426 e. The van der Waals surface area contributed by atoms with Crippen LogP contribution < -0.4 is 20.9 Å². The molecule has 4 rings (SSSR count). The molecule has 1 aliphatic rings. The molecule has 2 aromatic carbocycles. The second kappa shape index (κ2) is 12.7. The Labute approximate surface area is 242 Å². The van der Waals surface area contributed by atoms with Gasteiger partial charge >= 0.3 is 12.3 Å². The Kier molecular flexibility index (Phi) is 9.46. The Balaban J connectivity index is 1.31. The number of benzene rings is 2. The fourth-order valence-corrected chi connectivity index (χ4v) is 6.12. The topological polar surface area (TPSA) is 134 Å². The van der Waals surface area contributed by atoms with E-state index in [1.54, 1.807) is 20.8 Å². The molecule has 1 fully saturated rings. The van der Waals surface area contributed by atoms with Crippen LogP contribution in [0.15, 0.2) is 53.4 Å². The van der Waals surface area contributed by atoms with Crippen molar-refractivity contribution in [1.82, 2.24) is 20.1 Å². The van der Waals surface area contributed by atoms with Crippen molar-refractivity contribution in [2.24, 2.45) is 11.8 Å². The first-order valence-corrected chi connectivity index (χ1v) is 15.1. The number of ether oxygens (including phenoxy) is 1. The second-order valence-electron chi connectivity index (χ2n) is 11.3. The number of rotatable bonds is 9. The molecule has 1 amide bonds. The van der Waals surface area contributed by atoms with Crippen LogP contribution in [0.25, 0.3) is 10.9 Å². The van der Waals surface area contributed by atoms with Gasteiger partial charge in [0.2, 0.25) is 16.0 Å². The largest absolute Gasteiger partial charge is 0.443 e. The highest BCUT2D eigenvalue weighted by atomic mass is 32.2. The molecule has 0 saturated heterocycles. The van der Waals surface area contributed by atoms with Gasteiger partial charge in [0.05, 0.1) is 16.0 Å². The molecule has 0 atom stereocenters. The van der Waals surface area contributed by atoms with Gasteiger partial charge in [0.15, 0.2) is 5.82 Å². The lowest BCUT2D eigenvalue weighted by molar-refractivity contribution is -0.139. The third kappa shape index (κ3) is 8.44. The first kappa shape index (κ1) is 31.3. The molecule has 0 unspecified atom stereocenters. The van der Waals surface area contributed by atoms with Crippen molar-refractivity contribution in [3.63, 3.8) is 0 Å². The molecule has 1 aliphatic carbocycles. The van der Waals surface area contributed by atoms with E-state index >= 15 is 0 Å². The summed E-state index contributed by atoms with van der Waals surface area (Å²) in [4.78, 5) is 20.4. The van der Waals surface area contributed by atoms with E-state index in [0.29, 0.717) is 29.2 Å². The van der Waals surface area contributed by atoms with Crippen LogP contribution in [0.4, 0.5) is 29.7 Å². The van der Waals surface area contributed by atoms with Crippen molar-refractivity contribution in [2.75, 3.05) is 23.8 Å². The molecule has 0 bridgehead atoms. The number of carbonyl (C=O) groups excluding carboxylic acids is 1. The van der Waals surface area contributed by atoms with Crippen LogP contribution >= 0.6 is 0 Å². The minimum absolute atomic E-state index is 0.0146. The van der Waals surface area contributed by atoms with Gasteiger partial charge in [-0.25, -0.2) is 28.3 Å². The van der Waals surface area contributed by atoms with Crippen LogP contribution in [0.2, 0.25) is 0 Å². The number of nitrogens with zero attached hydrogens (tertiary/aromatic N) is 2. The highest BCUT2D eigenvalue weighted by Crippen LogP contribution is 2.34. The summed E-state index contributed by atoms with van der Waals surface area (Å²) in [5, 5.41) is 3.97. The summed E-state index contributed by atoms with van der Waals surface area (Å²) in [7, 11) is -4.31. The van der Waals surface area contributed by atoms with Gasteiger partial charge in [0.1, 0.15) is 5.60 Å². The predicted molar refractivity (Wildman–Crippen MR) is 153 cm³/mol. The molecule has 42 heavy (non-hydrogen) atoms. The number of hydrogen-bond donors (Lipinski definition) is 4. The van der Waals surface area contributed by atoms with Gasteiger partial charge in [-0.3, -0.25) is 5.43 Å². The van der Waals surface area contributed by atoms with Crippen molar-refractivity contribution >= 4 is 38.8 Å². The molecule has 0 spiro atoms. The quantitative estimate of drug-likeness (QED) is 0.228. The summed E-state index contributed by atoms with van der Waals surface area (Å²) in [6.45, 7) is 5.94. The molecular weight excluding hydrogens is 573 g/mol. The number of halogens is 3. The van der Waals surface area contributed by atoms with Gasteiger partial charge < -0.3 is 10.1 Å².